The summed E-state index contributed by atoms with van der Waals surface area (Å²) in [6.45, 7) is 13.5. The SMILES string of the molecule is CC(C)Cc1[nH]nc(-c2cc3cnccc3c(-c3n[nH]c4c3CCCC4(C)C)n2)c1C(C)C. The third-order valence-electron chi connectivity index (χ3n) is 6.94. The molecule has 0 atom stereocenters. The molecule has 0 aliphatic heterocycles. The summed E-state index contributed by atoms with van der Waals surface area (Å²) >= 11 is 0. The fraction of sp³-hybridized carbons (Fsp3) is 0.481. The molecule has 0 amide bonds. The van der Waals surface area contributed by atoms with Crippen molar-refractivity contribution in [3.05, 3.63) is 47.0 Å². The Kier molecular flexibility index (Phi) is 5.34. The zero-order chi connectivity index (χ0) is 23.3. The molecule has 4 aromatic heterocycles. The lowest BCUT2D eigenvalue weighted by atomic mass is 9.76. The van der Waals surface area contributed by atoms with Gasteiger partial charge in [0.2, 0.25) is 0 Å². The maximum Gasteiger partial charge on any atom is 0.115 e. The Bertz CT molecular complexity index is 1310. The molecular formula is C27H34N6. The van der Waals surface area contributed by atoms with Crippen LogP contribution in [0.3, 0.4) is 0 Å². The fourth-order valence-corrected chi connectivity index (χ4v) is 5.36. The van der Waals surface area contributed by atoms with E-state index in [2.05, 4.69) is 68.9 Å². The molecule has 33 heavy (non-hydrogen) atoms. The van der Waals surface area contributed by atoms with Gasteiger partial charge in [0.25, 0.3) is 0 Å². The Hall–Kier alpha value is -3.02. The van der Waals surface area contributed by atoms with Crippen LogP contribution < -0.4 is 0 Å². The summed E-state index contributed by atoms with van der Waals surface area (Å²) in [5.74, 6) is 0.903. The van der Waals surface area contributed by atoms with Crippen LogP contribution >= 0.6 is 0 Å². The van der Waals surface area contributed by atoms with Crippen molar-refractivity contribution in [2.24, 2.45) is 5.92 Å². The van der Waals surface area contributed by atoms with Gasteiger partial charge < -0.3 is 0 Å². The number of nitrogens with zero attached hydrogens (tertiary/aromatic N) is 4. The van der Waals surface area contributed by atoms with Gasteiger partial charge in [0.15, 0.2) is 0 Å². The second-order valence-electron chi connectivity index (χ2n) is 10.8. The molecule has 0 unspecified atom stereocenters. The van der Waals surface area contributed by atoms with Crippen LogP contribution in [-0.4, -0.2) is 30.4 Å². The van der Waals surface area contributed by atoms with Crippen LogP contribution in [0.5, 0.6) is 0 Å². The molecule has 6 nitrogen and oxygen atoms in total. The predicted molar refractivity (Wildman–Crippen MR) is 133 cm³/mol. The van der Waals surface area contributed by atoms with Crippen LogP contribution in [0.15, 0.2) is 24.5 Å². The minimum Gasteiger partial charge on any atom is -0.282 e. The minimum atomic E-state index is 0.104. The zero-order valence-electron chi connectivity index (χ0n) is 20.6. The Morgan fingerprint density at radius 1 is 1.03 bits per heavy atom. The summed E-state index contributed by atoms with van der Waals surface area (Å²) in [4.78, 5) is 9.61. The molecule has 4 aromatic rings. The average molecular weight is 443 g/mol. The van der Waals surface area contributed by atoms with E-state index >= 15 is 0 Å². The summed E-state index contributed by atoms with van der Waals surface area (Å²) in [7, 11) is 0. The van der Waals surface area contributed by atoms with Gasteiger partial charge in [-0.2, -0.15) is 10.2 Å². The molecule has 2 N–H and O–H groups in total. The van der Waals surface area contributed by atoms with E-state index in [0.29, 0.717) is 11.8 Å². The Morgan fingerprint density at radius 2 is 1.82 bits per heavy atom. The molecule has 0 saturated carbocycles. The fourth-order valence-electron chi connectivity index (χ4n) is 5.36. The van der Waals surface area contributed by atoms with E-state index in [9.17, 15) is 0 Å². The second kappa shape index (κ2) is 8.08. The molecule has 0 fully saturated rings. The van der Waals surface area contributed by atoms with Crippen LogP contribution in [-0.2, 0) is 18.3 Å². The van der Waals surface area contributed by atoms with Gasteiger partial charge >= 0.3 is 0 Å². The Labute approximate surface area is 195 Å². The predicted octanol–water partition coefficient (Wildman–Crippen LogP) is 6.35. The van der Waals surface area contributed by atoms with Crippen molar-refractivity contribution in [3.63, 3.8) is 0 Å². The summed E-state index contributed by atoms with van der Waals surface area (Å²) in [5, 5.41) is 18.4. The monoisotopic (exact) mass is 442 g/mol. The average Bonchev–Trinajstić information content (AvgIpc) is 3.37. The lowest BCUT2D eigenvalue weighted by Crippen LogP contribution is -2.23. The summed E-state index contributed by atoms with van der Waals surface area (Å²) in [6, 6.07) is 4.17. The molecule has 1 aliphatic rings. The van der Waals surface area contributed by atoms with Crippen molar-refractivity contribution in [1.29, 1.82) is 0 Å². The quantitative estimate of drug-likeness (QED) is 0.377. The molecule has 1 aliphatic carbocycles. The summed E-state index contributed by atoms with van der Waals surface area (Å²) < 4.78 is 0. The van der Waals surface area contributed by atoms with Crippen molar-refractivity contribution in [2.45, 2.75) is 78.6 Å². The van der Waals surface area contributed by atoms with Crippen molar-refractivity contribution in [1.82, 2.24) is 30.4 Å². The first kappa shape index (κ1) is 21.8. The molecule has 0 radical (unpaired) electrons. The number of hydrogen-bond acceptors (Lipinski definition) is 4. The Balaban J connectivity index is 1.73. The molecule has 0 spiro atoms. The number of H-pyrrole nitrogens is 2. The van der Waals surface area contributed by atoms with Crippen molar-refractivity contribution < 1.29 is 0 Å². The van der Waals surface area contributed by atoms with E-state index in [1.165, 1.54) is 35.4 Å². The molecule has 0 saturated heterocycles. The van der Waals surface area contributed by atoms with Gasteiger partial charge in [-0.3, -0.25) is 15.2 Å². The number of pyridine rings is 2. The van der Waals surface area contributed by atoms with E-state index in [-0.39, 0.29) is 5.41 Å². The molecule has 5 rings (SSSR count). The largest absolute Gasteiger partial charge is 0.282 e. The standard InChI is InChI=1S/C27H34N6/c1-15(2)12-20-22(16(3)4)25(32-30-20)21-13-17-14-28-11-9-18(17)23(29-21)24-19-8-7-10-27(5,6)26(19)33-31-24/h9,11,13-16H,7-8,10,12H2,1-6H3,(H,30,32)(H,31,33). The zero-order valence-corrected chi connectivity index (χ0v) is 20.6. The molecule has 0 bridgehead atoms. The van der Waals surface area contributed by atoms with Crippen molar-refractivity contribution >= 4 is 10.8 Å². The van der Waals surface area contributed by atoms with Crippen LogP contribution in [0.4, 0.5) is 0 Å². The van der Waals surface area contributed by atoms with Gasteiger partial charge in [0.1, 0.15) is 11.4 Å². The van der Waals surface area contributed by atoms with Gasteiger partial charge in [-0.25, -0.2) is 4.98 Å². The van der Waals surface area contributed by atoms with Gasteiger partial charge in [-0.1, -0.05) is 41.5 Å². The van der Waals surface area contributed by atoms with E-state index in [4.69, 9.17) is 15.2 Å². The highest BCUT2D eigenvalue weighted by Gasteiger charge is 2.32. The Morgan fingerprint density at radius 3 is 2.58 bits per heavy atom. The van der Waals surface area contributed by atoms with Gasteiger partial charge in [-0.15, -0.1) is 0 Å². The number of fused-ring (bicyclic) bond motifs is 2. The maximum atomic E-state index is 5.21. The normalized spacial score (nSPS) is 15.5. The first-order valence-corrected chi connectivity index (χ1v) is 12.2. The topological polar surface area (TPSA) is 83.1 Å². The lowest BCUT2D eigenvalue weighted by Gasteiger charge is -2.29. The molecule has 172 valence electrons. The van der Waals surface area contributed by atoms with Gasteiger partial charge in [0, 0.05) is 51.1 Å². The van der Waals surface area contributed by atoms with E-state index in [0.717, 1.165) is 46.4 Å². The third kappa shape index (κ3) is 3.75. The number of aromatic nitrogens is 6. The number of rotatable bonds is 5. The molecule has 6 heteroatoms. The highest BCUT2D eigenvalue weighted by molar-refractivity contribution is 5.96. The third-order valence-corrected chi connectivity index (χ3v) is 6.94. The highest BCUT2D eigenvalue weighted by atomic mass is 15.1. The first-order valence-electron chi connectivity index (χ1n) is 12.2. The van der Waals surface area contributed by atoms with Crippen LogP contribution in [0.2, 0.25) is 0 Å². The smallest absolute Gasteiger partial charge is 0.115 e. The summed E-state index contributed by atoms with van der Waals surface area (Å²) in [5.41, 5.74) is 8.85. The van der Waals surface area contributed by atoms with Crippen LogP contribution in [0, 0.1) is 5.92 Å². The first-order chi connectivity index (χ1) is 15.8. The molecule has 4 heterocycles. The van der Waals surface area contributed by atoms with Crippen LogP contribution in [0.25, 0.3) is 33.5 Å². The molecular weight excluding hydrogens is 408 g/mol. The number of nitrogens with one attached hydrogen (secondary N) is 2. The van der Waals surface area contributed by atoms with E-state index < -0.39 is 0 Å². The van der Waals surface area contributed by atoms with E-state index in [1.54, 1.807) is 0 Å². The number of aromatic amines is 2. The van der Waals surface area contributed by atoms with E-state index in [1.807, 2.05) is 12.4 Å². The van der Waals surface area contributed by atoms with Gasteiger partial charge in [0.05, 0.1) is 11.4 Å². The maximum absolute atomic E-state index is 5.21. The highest BCUT2D eigenvalue weighted by Crippen LogP contribution is 2.41. The lowest BCUT2D eigenvalue weighted by molar-refractivity contribution is 0.420. The summed E-state index contributed by atoms with van der Waals surface area (Å²) in [6.07, 6.45) is 8.10. The van der Waals surface area contributed by atoms with Crippen molar-refractivity contribution in [2.75, 3.05) is 0 Å². The molecule has 0 aromatic carbocycles. The second-order valence-corrected chi connectivity index (χ2v) is 10.8. The van der Waals surface area contributed by atoms with Crippen molar-refractivity contribution in [3.8, 4) is 22.8 Å². The number of hydrogen-bond donors (Lipinski definition) is 2. The van der Waals surface area contributed by atoms with Gasteiger partial charge in [-0.05, 0) is 49.7 Å². The van der Waals surface area contributed by atoms with Crippen LogP contribution in [0.1, 0.15) is 82.8 Å². The minimum absolute atomic E-state index is 0.104.